The zero-order chi connectivity index (χ0) is 32.9. The van der Waals surface area contributed by atoms with Gasteiger partial charge in [0.2, 0.25) is 0 Å². The minimum Gasteiger partial charge on any atom is -0.336 e. The van der Waals surface area contributed by atoms with Gasteiger partial charge in [0.15, 0.2) is 0 Å². The lowest BCUT2D eigenvalue weighted by Gasteiger charge is -2.34. The monoisotopic (exact) mass is 658 g/mol. The third kappa shape index (κ3) is 8.33. The predicted octanol–water partition coefficient (Wildman–Crippen LogP) is 7.58. The lowest BCUT2D eigenvalue weighted by Crippen LogP contribution is -2.48. The third-order valence-corrected chi connectivity index (χ3v) is 10.0. The molecule has 12 heteroatoms. The minimum atomic E-state index is -4.39. The molecule has 1 amide bonds. The zero-order valence-corrected chi connectivity index (χ0v) is 26.5. The molecule has 1 saturated carbocycles. The van der Waals surface area contributed by atoms with Crippen molar-refractivity contribution in [2.75, 3.05) is 30.9 Å². The first-order chi connectivity index (χ1) is 21.9. The van der Waals surface area contributed by atoms with Crippen molar-refractivity contribution in [3.8, 4) is 0 Å². The maximum absolute atomic E-state index is 15.2. The molecule has 3 aromatic carbocycles. The van der Waals surface area contributed by atoms with Crippen LogP contribution in [0.3, 0.4) is 0 Å². The Morgan fingerprint density at radius 2 is 1.63 bits per heavy atom. The van der Waals surface area contributed by atoms with Crippen molar-refractivity contribution in [2.24, 2.45) is 10.9 Å². The summed E-state index contributed by atoms with van der Waals surface area (Å²) >= 11 is 0. The number of amides is 1. The molecule has 0 atom stereocenters. The number of piperazine rings is 1. The first-order valence-corrected chi connectivity index (χ1v) is 17.0. The number of para-hydroxylation sites is 1. The van der Waals surface area contributed by atoms with Crippen molar-refractivity contribution in [3.63, 3.8) is 0 Å². The van der Waals surface area contributed by atoms with Gasteiger partial charge in [-0.05, 0) is 73.2 Å². The Morgan fingerprint density at radius 3 is 2.26 bits per heavy atom. The molecule has 0 aromatic heterocycles. The summed E-state index contributed by atoms with van der Waals surface area (Å²) in [5.41, 5.74) is 0.848. The van der Waals surface area contributed by atoms with Gasteiger partial charge in [0.25, 0.3) is 15.9 Å². The third-order valence-electron chi connectivity index (χ3n) is 8.61. The highest BCUT2D eigenvalue weighted by Gasteiger charge is 2.30. The number of nitrogens with zero attached hydrogens (tertiary/aromatic N) is 3. The number of nitrogens with one attached hydrogen (secondary N) is 1. The molecule has 1 saturated heterocycles. The smallest absolute Gasteiger partial charge is 0.336 e. The number of carbonyl (C=O) groups excluding carboxylic acids is 1. The highest BCUT2D eigenvalue weighted by molar-refractivity contribution is 7.92. The maximum atomic E-state index is 15.2. The number of alkyl halides is 3. The molecule has 3 aromatic rings. The number of aliphatic imine (C=N–C) groups is 1. The molecule has 0 unspecified atom stereocenters. The van der Waals surface area contributed by atoms with Crippen LogP contribution >= 0.6 is 0 Å². The van der Waals surface area contributed by atoms with Crippen molar-refractivity contribution >= 4 is 33.5 Å². The summed E-state index contributed by atoms with van der Waals surface area (Å²) in [6, 6.07) is 13.5. The number of anilines is 1. The van der Waals surface area contributed by atoms with Gasteiger partial charge in [-0.1, -0.05) is 49.9 Å². The summed E-state index contributed by atoms with van der Waals surface area (Å²) in [4.78, 5) is 21.3. The van der Waals surface area contributed by atoms with E-state index in [0.717, 1.165) is 49.4 Å². The lowest BCUT2D eigenvalue weighted by atomic mass is 10.0. The van der Waals surface area contributed by atoms with E-state index in [1.165, 1.54) is 43.2 Å². The number of sulfonamides is 1. The quantitative estimate of drug-likeness (QED) is 0.154. The van der Waals surface area contributed by atoms with Crippen molar-refractivity contribution in [2.45, 2.75) is 63.1 Å². The second-order valence-electron chi connectivity index (χ2n) is 12.0. The molecule has 1 heterocycles. The largest absolute Gasteiger partial charge is 0.416 e. The van der Waals surface area contributed by atoms with Gasteiger partial charge in [-0.15, -0.1) is 0 Å². The Labute approximate surface area is 267 Å². The van der Waals surface area contributed by atoms with Crippen LogP contribution in [0.2, 0.25) is 0 Å². The fourth-order valence-electron chi connectivity index (χ4n) is 5.93. The van der Waals surface area contributed by atoms with E-state index in [1.807, 2.05) is 11.1 Å². The predicted molar refractivity (Wildman–Crippen MR) is 170 cm³/mol. The van der Waals surface area contributed by atoms with E-state index in [2.05, 4.69) is 9.71 Å². The molecule has 0 bridgehead atoms. The number of hydrogen-bond donors (Lipinski definition) is 1. The SMILES string of the molecule is Cc1cccc(S(=O)(=O)Nc2ccc(C(=O)N3CCN(Cc4ccc(C(F)(F)F)cc4)CC3)cc2F)c1N=CC1CCCCCC1. The average Bonchev–Trinajstić information content (AvgIpc) is 3.30. The molecule has 5 rings (SSSR count). The summed E-state index contributed by atoms with van der Waals surface area (Å²) in [5, 5.41) is 0. The number of rotatable bonds is 8. The van der Waals surface area contributed by atoms with Crippen LogP contribution < -0.4 is 4.72 Å². The molecule has 46 heavy (non-hydrogen) atoms. The van der Waals surface area contributed by atoms with Crippen LogP contribution in [0.1, 0.15) is 65.6 Å². The molecule has 1 N–H and O–H groups in total. The van der Waals surface area contributed by atoms with Crippen LogP contribution in [0.4, 0.5) is 28.9 Å². The second-order valence-corrected chi connectivity index (χ2v) is 13.7. The summed E-state index contributed by atoms with van der Waals surface area (Å²) in [7, 11) is -4.20. The van der Waals surface area contributed by atoms with Gasteiger partial charge in [-0.3, -0.25) is 19.4 Å². The first kappa shape index (κ1) is 33.6. The normalized spacial score (nSPS) is 17.3. The molecule has 246 valence electrons. The van der Waals surface area contributed by atoms with Crippen molar-refractivity contribution < 1.29 is 30.8 Å². The topological polar surface area (TPSA) is 82.1 Å². The Bertz CT molecular complexity index is 1660. The van der Waals surface area contributed by atoms with Gasteiger partial charge in [0, 0.05) is 44.5 Å². The maximum Gasteiger partial charge on any atom is 0.416 e. The Hall–Kier alpha value is -3.77. The van der Waals surface area contributed by atoms with E-state index in [1.54, 1.807) is 24.0 Å². The van der Waals surface area contributed by atoms with E-state index < -0.39 is 33.5 Å². The molecule has 1 aliphatic heterocycles. The highest BCUT2D eigenvalue weighted by Crippen LogP contribution is 2.32. The molecular weight excluding hydrogens is 620 g/mol. The fourth-order valence-corrected chi connectivity index (χ4v) is 7.22. The summed E-state index contributed by atoms with van der Waals surface area (Å²) in [6.45, 7) is 3.93. The zero-order valence-electron chi connectivity index (χ0n) is 25.7. The van der Waals surface area contributed by atoms with Gasteiger partial charge < -0.3 is 4.90 Å². The molecule has 0 radical (unpaired) electrons. The minimum absolute atomic E-state index is 0.0499. The van der Waals surface area contributed by atoms with Crippen molar-refractivity contribution in [3.05, 3.63) is 88.7 Å². The number of benzene rings is 3. The molecule has 2 fully saturated rings. The Balaban J connectivity index is 1.21. The average molecular weight is 659 g/mol. The van der Waals surface area contributed by atoms with Crippen LogP contribution in [-0.4, -0.2) is 56.5 Å². The summed E-state index contributed by atoms with van der Waals surface area (Å²) < 4.78 is 83.0. The Morgan fingerprint density at radius 1 is 0.957 bits per heavy atom. The van der Waals surface area contributed by atoms with Gasteiger partial charge in [0.1, 0.15) is 10.7 Å². The fraction of sp³-hybridized carbons (Fsp3) is 0.412. The van der Waals surface area contributed by atoms with Crippen LogP contribution in [0.25, 0.3) is 0 Å². The number of aryl methyl sites for hydroxylation is 1. The number of hydrogen-bond acceptors (Lipinski definition) is 5. The second kappa shape index (κ2) is 14.3. The Kier molecular flexibility index (Phi) is 10.5. The van der Waals surface area contributed by atoms with Gasteiger partial charge in [0.05, 0.1) is 16.9 Å². The van der Waals surface area contributed by atoms with Gasteiger partial charge in [-0.25, -0.2) is 12.8 Å². The van der Waals surface area contributed by atoms with Crippen molar-refractivity contribution in [1.29, 1.82) is 0 Å². The van der Waals surface area contributed by atoms with E-state index in [9.17, 15) is 26.4 Å². The highest BCUT2D eigenvalue weighted by atomic mass is 32.2. The van der Waals surface area contributed by atoms with E-state index in [0.29, 0.717) is 44.0 Å². The standard InChI is InChI=1S/C34H38F4N4O3S/c1-24-7-6-10-31(32(24)39-22-25-8-4-2-3-5-9-25)46(44,45)40-30-16-13-27(21-29(30)35)33(43)42-19-17-41(18-20-42)23-26-11-14-28(15-12-26)34(36,37)38/h6-7,10-16,21-22,25,40H,2-5,8-9,17-20,23H2,1H3. The number of halogens is 4. The van der Waals surface area contributed by atoms with Crippen LogP contribution in [0.5, 0.6) is 0 Å². The molecular formula is C34H38F4N4O3S. The van der Waals surface area contributed by atoms with Crippen LogP contribution in [-0.2, 0) is 22.7 Å². The van der Waals surface area contributed by atoms with Crippen LogP contribution in [0.15, 0.2) is 70.6 Å². The van der Waals surface area contributed by atoms with E-state index >= 15 is 4.39 Å². The van der Waals surface area contributed by atoms with Crippen LogP contribution in [0, 0.1) is 18.7 Å². The van der Waals surface area contributed by atoms with E-state index in [4.69, 9.17) is 0 Å². The van der Waals surface area contributed by atoms with Gasteiger partial charge in [-0.2, -0.15) is 13.2 Å². The van der Waals surface area contributed by atoms with Gasteiger partial charge >= 0.3 is 6.18 Å². The van der Waals surface area contributed by atoms with Crippen molar-refractivity contribution in [1.82, 2.24) is 9.80 Å². The molecule has 7 nitrogen and oxygen atoms in total. The summed E-state index contributed by atoms with van der Waals surface area (Å²) in [5.74, 6) is -0.988. The first-order valence-electron chi connectivity index (χ1n) is 15.5. The number of carbonyl (C=O) groups is 1. The lowest BCUT2D eigenvalue weighted by molar-refractivity contribution is -0.137. The summed E-state index contributed by atoms with van der Waals surface area (Å²) in [6.07, 6.45) is 4.13. The molecule has 1 aliphatic carbocycles. The molecule has 0 spiro atoms. The van der Waals surface area contributed by atoms with E-state index in [-0.39, 0.29) is 22.1 Å². The molecule has 2 aliphatic rings.